The van der Waals surface area contributed by atoms with Gasteiger partial charge in [-0.2, -0.15) is 0 Å². The molecule has 0 aromatic heterocycles. The second-order valence-corrected chi connectivity index (χ2v) is 16.7. The van der Waals surface area contributed by atoms with E-state index in [1.807, 2.05) is 0 Å². The monoisotopic (exact) mass is 547 g/mol. The van der Waals surface area contributed by atoms with E-state index >= 15 is 0 Å². The van der Waals surface area contributed by atoms with Gasteiger partial charge in [-0.05, 0) is 116 Å². The Balaban J connectivity index is 1.14. The number of unbranched alkanes of at least 4 members (excludes halogenated alkanes) is 4. The highest BCUT2D eigenvalue weighted by Crippen LogP contribution is 2.63. The predicted octanol–water partition coefficient (Wildman–Crippen LogP) is 12.0. The average molecular weight is 547 g/mol. The van der Waals surface area contributed by atoms with Crippen molar-refractivity contribution in [3.63, 3.8) is 0 Å². The van der Waals surface area contributed by atoms with Gasteiger partial charge in [-0.25, -0.2) is 0 Å². The topological polar surface area (TPSA) is 0 Å². The van der Waals surface area contributed by atoms with Gasteiger partial charge in [0.05, 0.1) is 7.85 Å². The molecule has 0 nitrogen and oxygen atoms in total. The lowest BCUT2D eigenvalue weighted by Gasteiger charge is -2.60. The molecule has 2 radical (unpaired) electrons. The molecule has 0 aliphatic heterocycles. The molecule has 0 heterocycles. The molecule has 226 valence electrons. The Kier molecular flexibility index (Phi) is 11.1. The van der Waals surface area contributed by atoms with Crippen LogP contribution in [0.15, 0.2) is 0 Å². The van der Waals surface area contributed by atoms with E-state index in [4.69, 9.17) is 7.85 Å². The molecule has 6 fully saturated rings. The summed E-state index contributed by atoms with van der Waals surface area (Å²) >= 11 is 0. The maximum absolute atomic E-state index is 7.45. The van der Waals surface area contributed by atoms with Crippen molar-refractivity contribution in [2.45, 2.75) is 180 Å². The summed E-state index contributed by atoms with van der Waals surface area (Å²) in [5.41, 5.74) is 0. The summed E-state index contributed by atoms with van der Waals surface area (Å²) in [5.74, 6) is 11.6. The zero-order valence-electron chi connectivity index (χ0n) is 26.9. The van der Waals surface area contributed by atoms with Crippen LogP contribution in [0.3, 0.4) is 0 Å². The van der Waals surface area contributed by atoms with Crippen LogP contribution in [0.4, 0.5) is 0 Å². The van der Waals surface area contributed by atoms with E-state index in [0.29, 0.717) is 5.82 Å². The van der Waals surface area contributed by atoms with Crippen LogP contribution in [0.2, 0.25) is 5.82 Å². The lowest BCUT2D eigenvalue weighted by Crippen LogP contribution is -2.51. The van der Waals surface area contributed by atoms with Crippen molar-refractivity contribution < 1.29 is 0 Å². The van der Waals surface area contributed by atoms with Crippen LogP contribution in [-0.2, 0) is 0 Å². The van der Waals surface area contributed by atoms with Crippen molar-refractivity contribution in [3.05, 3.63) is 0 Å². The summed E-state index contributed by atoms with van der Waals surface area (Å²) in [4.78, 5) is 0. The first-order chi connectivity index (χ1) is 19.7. The fraction of sp³-hybridized carbons (Fsp3) is 1.00. The summed E-state index contributed by atoms with van der Waals surface area (Å²) in [7, 11) is 7.45. The minimum atomic E-state index is 0.529. The molecule has 0 aromatic carbocycles. The lowest BCUT2D eigenvalue weighted by atomic mass is 9.42. The van der Waals surface area contributed by atoms with Crippen molar-refractivity contribution in [1.29, 1.82) is 0 Å². The van der Waals surface area contributed by atoms with E-state index in [2.05, 4.69) is 6.92 Å². The van der Waals surface area contributed by atoms with Crippen LogP contribution >= 0.6 is 0 Å². The molecule has 6 aliphatic carbocycles. The van der Waals surface area contributed by atoms with E-state index in [1.165, 1.54) is 109 Å². The molecule has 0 aromatic rings. The van der Waals surface area contributed by atoms with Gasteiger partial charge >= 0.3 is 0 Å². The van der Waals surface area contributed by atoms with E-state index < -0.39 is 0 Å². The first-order valence-corrected chi connectivity index (χ1v) is 19.5. The van der Waals surface area contributed by atoms with Crippen LogP contribution < -0.4 is 0 Å². The molecule has 1 heteroatoms. The fourth-order valence-corrected chi connectivity index (χ4v) is 12.7. The number of rotatable bonds is 9. The quantitative estimate of drug-likeness (QED) is 0.199. The molecular weight excluding hydrogens is 479 g/mol. The maximum atomic E-state index is 7.45. The predicted molar refractivity (Wildman–Crippen MR) is 174 cm³/mol. The Bertz CT molecular complexity index is 725. The SMILES string of the molecule is [B]C1C2CC(C3CCCCC3)CCC2C(C2CCC(C3CCCCC3)CC2)[C@H]2CC(CCCCCCC)CCC12. The summed E-state index contributed by atoms with van der Waals surface area (Å²) in [6.07, 6.45) is 39.6. The van der Waals surface area contributed by atoms with Crippen molar-refractivity contribution in [2.75, 3.05) is 0 Å². The smallest absolute Gasteiger partial charge is 0.0707 e. The second-order valence-electron chi connectivity index (χ2n) is 16.7. The van der Waals surface area contributed by atoms with Gasteiger partial charge in [0, 0.05) is 0 Å². The Morgan fingerprint density at radius 3 is 1.73 bits per heavy atom. The zero-order chi connectivity index (χ0) is 27.3. The van der Waals surface area contributed by atoms with Gasteiger partial charge in [-0.1, -0.05) is 128 Å². The third kappa shape index (κ3) is 6.90. The Labute approximate surface area is 252 Å². The van der Waals surface area contributed by atoms with Crippen LogP contribution in [-0.4, -0.2) is 7.85 Å². The lowest BCUT2D eigenvalue weighted by molar-refractivity contribution is -0.0761. The van der Waals surface area contributed by atoms with Crippen LogP contribution in [0.5, 0.6) is 0 Å². The molecule has 6 rings (SSSR count). The minimum Gasteiger partial charge on any atom is -0.0713 e. The van der Waals surface area contributed by atoms with E-state index in [9.17, 15) is 0 Å². The van der Waals surface area contributed by atoms with Gasteiger partial charge in [0.25, 0.3) is 0 Å². The van der Waals surface area contributed by atoms with Crippen molar-refractivity contribution >= 4 is 7.85 Å². The molecule has 0 amide bonds. The van der Waals surface area contributed by atoms with E-state index in [1.54, 1.807) is 57.8 Å². The molecule has 8 atom stereocenters. The maximum Gasteiger partial charge on any atom is 0.0707 e. The summed E-state index contributed by atoms with van der Waals surface area (Å²) in [6.45, 7) is 2.35. The largest absolute Gasteiger partial charge is 0.0713 e. The standard InChI is InChI=1S/C39H67B/c1-2-3-4-5-8-13-28-18-24-35-36(26-28)38(32-21-19-31(20-22-32)29-14-9-6-10-15-29)34-25-23-33(27-37(34)39(35)40)30-16-11-7-12-17-30/h28-39H,2-27H2,1H3/t28?,31?,32?,33?,34?,35?,36-,37?,38?,39?/m0/s1. The summed E-state index contributed by atoms with van der Waals surface area (Å²) < 4.78 is 0. The van der Waals surface area contributed by atoms with Crippen molar-refractivity contribution in [2.24, 2.45) is 65.1 Å². The van der Waals surface area contributed by atoms with Gasteiger partial charge in [0.1, 0.15) is 0 Å². The van der Waals surface area contributed by atoms with Gasteiger partial charge in [-0.15, -0.1) is 0 Å². The zero-order valence-corrected chi connectivity index (χ0v) is 26.9. The summed E-state index contributed by atoms with van der Waals surface area (Å²) in [6, 6.07) is 0. The van der Waals surface area contributed by atoms with Crippen LogP contribution in [0.25, 0.3) is 0 Å². The first-order valence-electron chi connectivity index (χ1n) is 19.5. The molecule has 0 saturated heterocycles. The molecule has 40 heavy (non-hydrogen) atoms. The highest BCUT2D eigenvalue weighted by Gasteiger charge is 2.54. The Hall–Kier alpha value is 0.0649. The molecule has 0 N–H and O–H groups in total. The van der Waals surface area contributed by atoms with Gasteiger partial charge < -0.3 is 0 Å². The van der Waals surface area contributed by atoms with Crippen LogP contribution in [0.1, 0.15) is 174 Å². The molecule has 6 aliphatic rings. The number of fused-ring (bicyclic) bond motifs is 2. The third-order valence-electron chi connectivity index (χ3n) is 14.7. The molecule has 7 unspecified atom stereocenters. The second kappa shape index (κ2) is 14.7. The highest BCUT2D eigenvalue weighted by atomic mass is 14.6. The molecule has 0 spiro atoms. The summed E-state index contributed by atoms with van der Waals surface area (Å²) in [5, 5.41) is 0. The first kappa shape index (κ1) is 30.1. The van der Waals surface area contributed by atoms with Crippen LogP contribution in [0, 0.1) is 65.1 Å². The van der Waals surface area contributed by atoms with Crippen molar-refractivity contribution in [1.82, 2.24) is 0 Å². The molecule has 6 saturated carbocycles. The van der Waals surface area contributed by atoms with E-state index in [0.717, 1.165) is 65.1 Å². The van der Waals surface area contributed by atoms with Gasteiger partial charge in [0.2, 0.25) is 0 Å². The number of hydrogen-bond donors (Lipinski definition) is 0. The molecule has 0 bridgehead atoms. The van der Waals surface area contributed by atoms with Crippen molar-refractivity contribution in [3.8, 4) is 0 Å². The average Bonchev–Trinajstić information content (AvgIpc) is 3.02. The third-order valence-corrected chi connectivity index (χ3v) is 14.7. The number of hydrogen-bond acceptors (Lipinski definition) is 0. The minimum absolute atomic E-state index is 0.529. The Morgan fingerprint density at radius 1 is 0.450 bits per heavy atom. The Morgan fingerprint density at radius 2 is 1.02 bits per heavy atom. The fourth-order valence-electron chi connectivity index (χ4n) is 12.7. The van der Waals surface area contributed by atoms with Gasteiger partial charge in [-0.3, -0.25) is 0 Å². The normalized spacial score (nSPS) is 43.6. The highest BCUT2D eigenvalue weighted by molar-refractivity contribution is 6.12. The van der Waals surface area contributed by atoms with Gasteiger partial charge in [0.15, 0.2) is 0 Å². The van der Waals surface area contributed by atoms with E-state index in [-0.39, 0.29) is 0 Å². The molecular formula is C39H67B.